The van der Waals surface area contributed by atoms with Gasteiger partial charge in [-0.2, -0.15) is 13.2 Å². The van der Waals surface area contributed by atoms with Crippen LogP contribution < -0.4 is 4.74 Å². The van der Waals surface area contributed by atoms with Gasteiger partial charge in [-0.25, -0.2) is 4.98 Å². The second-order valence-corrected chi connectivity index (χ2v) is 5.79. The van der Waals surface area contributed by atoms with Gasteiger partial charge in [0.05, 0.1) is 18.8 Å². The topological polar surface area (TPSA) is 47.5 Å². The van der Waals surface area contributed by atoms with Crippen LogP contribution in [0.5, 0.6) is 5.88 Å². The maximum absolute atomic E-state index is 12.6. The first kappa shape index (κ1) is 17.6. The standard InChI is InChI=1S/C17H18F3N3O2/c18-17(19,20)14-3-4-16(22-9-14)25-15-11-23(6-7-24-12-15)10-13-2-1-5-21-8-13/h1-5,8-9,15H,6-7,10-12H2/t15-/m1/s1. The summed E-state index contributed by atoms with van der Waals surface area (Å²) in [5.41, 5.74) is 0.283. The number of hydrogen-bond acceptors (Lipinski definition) is 5. The molecule has 1 saturated heterocycles. The number of nitrogens with zero attached hydrogens (tertiary/aromatic N) is 3. The molecule has 0 amide bonds. The zero-order valence-electron chi connectivity index (χ0n) is 13.4. The van der Waals surface area contributed by atoms with Crippen LogP contribution in [0.25, 0.3) is 0 Å². The maximum Gasteiger partial charge on any atom is 0.417 e. The number of halogens is 3. The Hall–Kier alpha value is -2.19. The Bertz CT molecular complexity index is 665. The summed E-state index contributed by atoms with van der Waals surface area (Å²) in [4.78, 5) is 10.0. The van der Waals surface area contributed by atoms with Gasteiger partial charge in [-0.1, -0.05) is 6.07 Å². The van der Waals surface area contributed by atoms with Crippen LogP contribution in [0.1, 0.15) is 11.1 Å². The Morgan fingerprint density at radius 1 is 1.24 bits per heavy atom. The van der Waals surface area contributed by atoms with Gasteiger partial charge >= 0.3 is 6.18 Å². The summed E-state index contributed by atoms with van der Waals surface area (Å²) >= 11 is 0. The first-order valence-electron chi connectivity index (χ1n) is 7.89. The van der Waals surface area contributed by atoms with Crippen molar-refractivity contribution in [2.24, 2.45) is 0 Å². The molecular formula is C17H18F3N3O2. The van der Waals surface area contributed by atoms with Crippen LogP contribution in [0, 0.1) is 0 Å². The Kier molecular flexibility index (Phi) is 5.50. The Morgan fingerprint density at radius 3 is 2.80 bits per heavy atom. The molecule has 0 radical (unpaired) electrons. The molecule has 8 heteroatoms. The molecule has 0 aliphatic carbocycles. The molecule has 0 saturated carbocycles. The molecule has 2 aromatic heterocycles. The summed E-state index contributed by atoms with van der Waals surface area (Å²) < 4.78 is 49.0. The molecule has 25 heavy (non-hydrogen) atoms. The molecule has 0 spiro atoms. The molecule has 0 N–H and O–H groups in total. The monoisotopic (exact) mass is 353 g/mol. The van der Waals surface area contributed by atoms with Crippen LogP contribution in [-0.4, -0.2) is 47.3 Å². The predicted molar refractivity (Wildman–Crippen MR) is 84.0 cm³/mol. The van der Waals surface area contributed by atoms with Gasteiger partial charge in [-0.05, 0) is 17.7 Å². The minimum Gasteiger partial charge on any atom is -0.471 e. The van der Waals surface area contributed by atoms with Crippen molar-refractivity contribution in [2.45, 2.75) is 18.8 Å². The molecule has 5 nitrogen and oxygen atoms in total. The Labute approximate surface area is 143 Å². The molecular weight excluding hydrogens is 335 g/mol. The first-order chi connectivity index (χ1) is 12.0. The molecule has 1 atom stereocenters. The molecule has 2 aromatic rings. The highest BCUT2D eigenvalue weighted by Crippen LogP contribution is 2.29. The van der Waals surface area contributed by atoms with E-state index in [2.05, 4.69) is 14.9 Å². The van der Waals surface area contributed by atoms with E-state index in [1.807, 2.05) is 12.1 Å². The lowest BCUT2D eigenvalue weighted by molar-refractivity contribution is -0.137. The van der Waals surface area contributed by atoms with Crippen molar-refractivity contribution in [1.29, 1.82) is 0 Å². The average molecular weight is 353 g/mol. The molecule has 1 aliphatic heterocycles. The number of aromatic nitrogens is 2. The minimum atomic E-state index is -4.41. The highest BCUT2D eigenvalue weighted by molar-refractivity contribution is 5.20. The zero-order chi connectivity index (χ0) is 17.7. The fourth-order valence-electron chi connectivity index (χ4n) is 2.59. The summed E-state index contributed by atoms with van der Waals surface area (Å²) in [5, 5.41) is 0. The van der Waals surface area contributed by atoms with Crippen molar-refractivity contribution in [3.8, 4) is 5.88 Å². The van der Waals surface area contributed by atoms with Gasteiger partial charge in [-0.15, -0.1) is 0 Å². The molecule has 3 rings (SSSR count). The third kappa shape index (κ3) is 5.14. The molecule has 0 bridgehead atoms. The molecule has 1 aliphatic rings. The number of rotatable bonds is 4. The average Bonchev–Trinajstić information content (AvgIpc) is 2.80. The summed E-state index contributed by atoms with van der Waals surface area (Å²) in [6.45, 7) is 2.98. The normalized spacial score (nSPS) is 19.4. The van der Waals surface area contributed by atoms with Crippen LogP contribution in [-0.2, 0) is 17.5 Å². The van der Waals surface area contributed by atoms with Crippen LogP contribution >= 0.6 is 0 Å². The Balaban J connectivity index is 1.61. The highest BCUT2D eigenvalue weighted by atomic mass is 19.4. The molecule has 0 unspecified atom stereocenters. The van der Waals surface area contributed by atoms with Gasteiger partial charge in [0.15, 0.2) is 0 Å². The van der Waals surface area contributed by atoms with Crippen molar-refractivity contribution in [1.82, 2.24) is 14.9 Å². The SMILES string of the molecule is FC(F)(F)c1ccc(O[C@H]2COCCN(Cc3cccnc3)C2)nc1. The smallest absolute Gasteiger partial charge is 0.417 e. The van der Waals surface area contributed by atoms with Crippen molar-refractivity contribution in [3.05, 3.63) is 54.0 Å². The lowest BCUT2D eigenvalue weighted by Crippen LogP contribution is -2.35. The molecule has 3 heterocycles. The summed E-state index contributed by atoms with van der Waals surface area (Å²) in [5.74, 6) is 0.157. The zero-order valence-corrected chi connectivity index (χ0v) is 13.4. The predicted octanol–water partition coefficient (Wildman–Crippen LogP) is 2.78. The summed E-state index contributed by atoms with van der Waals surface area (Å²) in [6, 6.07) is 6.07. The number of ether oxygens (including phenoxy) is 2. The van der Waals surface area contributed by atoms with E-state index >= 15 is 0 Å². The van der Waals surface area contributed by atoms with Crippen LogP contribution in [0.3, 0.4) is 0 Å². The van der Waals surface area contributed by atoms with Gasteiger partial charge in [-0.3, -0.25) is 9.88 Å². The molecule has 134 valence electrons. The lowest BCUT2D eigenvalue weighted by Gasteiger charge is -2.23. The highest BCUT2D eigenvalue weighted by Gasteiger charge is 2.31. The second kappa shape index (κ2) is 7.79. The van der Waals surface area contributed by atoms with Crippen molar-refractivity contribution in [2.75, 3.05) is 26.3 Å². The fraction of sp³-hybridized carbons (Fsp3) is 0.412. The number of alkyl halides is 3. The van der Waals surface area contributed by atoms with Crippen molar-refractivity contribution < 1.29 is 22.6 Å². The van der Waals surface area contributed by atoms with E-state index in [0.29, 0.717) is 26.3 Å². The minimum absolute atomic E-state index is 0.157. The van der Waals surface area contributed by atoms with Gasteiger partial charge in [0.2, 0.25) is 5.88 Å². The van der Waals surface area contributed by atoms with Gasteiger partial charge < -0.3 is 9.47 Å². The second-order valence-electron chi connectivity index (χ2n) is 5.79. The third-order valence-electron chi connectivity index (χ3n) is 3.80. The van der Waals surface area contributed by atoms with E-state index in [-0.39, 0.29) is 12.0 Å². The maximum atomic E-state index is 12.6. The number of pyridine rings is 2. The summed E-state index contributed by atoms with van der Waals surface area (Å²) in [7, 11) is 0. The fourth-order valence-corrected chi connectivity index (χ4v) is 2.59. The van der Waals surface area contributed by atoms with E-state index < -0.39 is 11.7 Å². The van der Waals surface area contributed by atoms with Gasteiger partial charge in [0, 0.05) is 44.3 Å². The number of hydrogen-bond donors (Lipinski definition) is 0. The van der Waals surface area contributed by atoms with Gasteiger partial charge in [0.1, 0.15) is 6.10 Å². The van der Waals surface area contributed by atoms with E-state index in [1.165, 1.54) is 6.07 Å². The van der Waals surface area contributed by atoms with Crippen molar-refractivity contribution in [3.63, 3.8) is 0 Å². The van der Waals surface area contributed by atoms with E-state index in [0.717, 1.165) is 24.4 Å². The first-order valence-corrected chi connectivity index (χ1v) is 7.89. The van der Waals surface area contributed by atoms with Gasteiger partial charge in [0.25, 0.3) is 0 Å². The van der Waals surface area contributed by atoms with E-state index in [1.54, 1.807) is 12.4 Å². The molecule has 0 aromatic carbocycles. The summed E-state index contributed by atoms with van der Waals surface area (Å²) in [6.07, 6.45) is -0.406. The van der Waals surface area contributed by atoms with Crippen LogP contribution in [0.4, 0.5) is 13.2 Å². The van der Waals surface area contributed by atoms with E-state index in [9.17, 15) is 13.2 Å². The largest absolute Gasteiger partial charge is 0.471 e. The Morgan fingerprint density at radius 2 is 2.12 bits per heavy atom. The van der Waals surface area contributed by atoms with Crippen LogP contribution in [0.15, 0.2) is 42.9 Å². The van der Waals surface area contributed by atoms with Crippen LogP contribution in [0.2, 0.25) is 0 Å². The lowest BCUT2D eigenvalue weighted by atomic mass is 10.2. The quantitative estimate of drug-likeness (QED) is 0.846. The van der Waals surface area contributed by atoms with Crippen molar-refractivity contribution >= 4 is 0 Å². The molecule has 1 fully saturated rings. The van der Waals surface area contributed by atoms with E-state index in [4.69, 9.17) is 9.47 Å². The third-order valence-corrected chi connectivity index (χ3v) is 3.80.